The van der Waals surface area contributed by atoms with Crippen molar-refractivity contribution in [3.8, 4) is 5.75 Å². The maximum Gasteiger partial charge on any atom is 0.387 e. The number of nitrogens with one attached hydrogen (secondary N) is 1. The minimum atomic E-state index is -2.99. The molecule has 1 atom stereocenters. The van der Waals surface area contributed by atoms with Gasteiger partial charge >= 0.3 is 6.61 Å². The number of alkyl halides is 2. The van der Waals surface area contributed by atoms with Crippen LogP contribution < -0.4 is 15.8 Å². The molecule has 0 fully saturated rings. The molecule has 3 N–H and O–H groups in total. The highest BCUT2D eigenvalue weighted by Gasteiger charge is 2.16. The van der Waals surface area contributed by atoms with Crippen LogP contribution in [0.15, 0.2) is 12.1 Å². The molecule has 0 aliphatic carbocycles. The van der Waals surface area contributed by atoms with Gasteiger partial charge in [0, 0.05) is 29.6 Å². The average Bonchev–Trinajstić information content (AvgIpc) is 2.29. The number of ether oxygens (including phenoxy) is 1. The maximum absolute atomic E-state index is 12.4. The first-order valence-corrected chi connectivity index (χ1v) is 6.49. The molecular formula is C12H14Cl2F2N2O2. The van der Waals surface area contributed by atoms with Gasteiger partial charge in [-0.25, -0.2) is 0 Å². The van der Waals surface area contributed by atoms with Gasteiger partial charge in [0.15, 0.2) is 0 Å². The van der Waals surface area contributed by atoms with Gasteiger partial charge in [0.1, 0.15) is 5.75 Å². The number of carbonyl (C=O) groups excluding carboxylic acids is 1. The maximum atomic E-state index is 12.4. The molecule has 0 bridgehead atoms. The van der Waals surface area contributed by atoms with E-state index in [0.29, 0.717) is 10.6 Å². The van der Waals surface area contributed by atoms with E-state index in [1.54, 1.807) is 6.92 Å². The minimum absolute atomic E-state index is 0.00263. The fraction of sp³-hybridized carbons (Fsp3) is 0.417. The molecule has 20 heavy (non-hydrogen) atoms. The molecule has 0 aromatic heterocycles. The lowest BCUT2D eigenvalue weighted by Gasteiger charge is -2.16. The van der Waals surface area contributed by atoms with Gasteiger partial charge in [-0.3, -0.25) is 4.79 Å². The van der Waals surface area contributed by atoms with Crippen molar-refractivity contribution in [1.82, 2.24) is 5.32 Å². The van der Waals surface area contributed by atoms with Crippen molar-refractivity contribution in [3.63, 3.8) is 0 Å². The van der Waals surface area contributed by atoms with E-state index in [4.69, 9.17) is 28.9 Å². The Kier molecular flexibility index (Phi) is 6.45. The van der Waals surface area contributed by atoms with Gasteiger partial charge in [0.25, 0.3) is 0 Å². The van der Waals surface area contributed by atoms with Gasteiger partial charge in [-0.2, -0.15) is 8.78 Å². The van der Waals surface area contributed by atoms with Crippen LogP contribution in [-0.2, 0) is 11.3 Å². The van der Waals surface area contributed by atoms with E-state index >= 15 is 0 Å². The quantitative estimate of drug-likeness (QED) is 0.809. The Hall–Kier alpha value is -1.11. The number of carbonyl (C=O) groups is 1. The lowest BCUT2D eigenvalue weighted by atomic mass is 10.1. The number of amides is 1. The Labute approximate surface area is 125 Å². The largest absolute Gasteiger partial charge is 0.433 e. The first-order chi connectivity index (χ1) is 9.29. The summed E-state index contributed by atoms with van der Waals surface area (Å²) in [4.78, 5) is 10.8. The Morgan fingerprint density at radius 3 is 2.65 bits per heavy atom. The van der Waals surface area contributed by atoms with E-state index in [2.05, 4.69) is 10.1 Å². The Bertz CT molecular complexity index is 487. The molecule has 1 amide bonds. The molecule has 1 aromatic rings. The highest BCUT2D eigenvalue weighted by Crippen LogP contribution is 2.33. The molecule has 0 saturated carbocycles. The molecule has 4 nitrogen and oxygen atoms in total. The van der Waals surface area contributed by atoms with Crippen LogP contribution >= 0.6 is 23.2 Å². The summed E-state index contributed by atoms with van der Waals surface area (Å²) in [5.41, 5.74) is 5.44. The molecule has 1 unspecified atom stereocenters. The van der Waals surface area contributed by atoms with Crippen LogP contribution in [0.25, 0.3) is 0 Å². The van der Waals surface area contributed by atoms with E-state index in [1.165, 1.54) is 12.1 Å². The van der Waals surface area contributed by atoms with Crippen molar-refractivity contribution in [1.29, 1.82) is 0 Å². The van der Waals surface area contributed by atoms with E-state index in [9.17, 15) is 13.6 Å². The van der Waals surface area contributed by atoms with Crippen molar-refractivity contribution < 1.29 is 18.3 Å². The monoisotopic (exact) mass is 326 g/mol. The molecule has 0 radical (unpaired) electrons. The fourth-order valence-corrected chi connectivity index (χ4v) is 2.20. The van der Waals surface area contributed by atoms with Crippen LogP contribution in [0.2, 0.25) is 10.0 Å². The third-order valence-electron chi connectivity index (χ3n) is 2.44. The molecule has 0 aliphatic heterocycles. The number of nitrogens with two attached hydrogens (primary N) is 1. The van der Waals surface area contributed by atoms with Gasteiger partial charge in [0.2, 0.25) is 5.91 Å². The SMILES string of the molecule is CC(CC(N)=O)NCc1cc(Cl)cc(Cl)c1OC(F)F. The predicted molar refractivity (Wildman–Crippen MR) is 73.2 cm³/mol. The number of benzene rings is 1. The summed E-state index contributed by atoms with van der Waals surface area (Å²) in [6.07, 6.45) is 0.124. The van der Waals surface area contributed by atoms with Crippen molar-refractivity contribution in [3.05, 3.63) is 27.7 Å². The summed E-state index contributed by atoms with van der Waals surface area (Å²) < 4.78 is 29.1. The zero-order valence-corrected chi connectivity index (χ0v) is 12.1. The standard InChI is InChI=1S/C12H14Cl2F2N2O2/c1-6(2-10(17)19)18-5-7-3-8(13)4-9(14)11(7)20-12(15)16/h3-4,6,12,18H,2,5H2,1H3,(H2,17,19). The van der Waals surface area contributed by atoms with E-state index in [-0.39, 0.29) is 29.8 Å². The molecule has 0 spiro atoms. The van der Waals surface area contributed by atoms with E-state index in [0.717, 1.165) is 0 Å². The van der Waals surface area contributed by atoms with Crippen molar-refractivity contribution >= 4 is 29.1 Å². The van der Waals surface area contributed by atoms with Crippen LogP contribution in [-0.4, -0.2) is 18.6 Å². The van der Waals surface area contributed by atoms with Gasteiger partial charge in [0.05, 0.1) is 5.02 Å². The molecule has 0 saturated heterocycles. The van der Waals surface area contributed by atoms with Crippen molar-refractivity contribution in [2.24, 2.45) is 5.73 Å². The first kappa shape index (κ1) is 16.9. The molecular weight excluding hydrogens is 313 g/mol. The number of hydrogen-bond donors (Lipinski definition) is 2. The summed E-state index contributed by atoms with van der Waals surface area (Å²) in [5, 5.41) is 3.25. The second-order valence-corrected chi connectivity index (χ2v) is 5.05. The predicted octanol–water partition coefficient (Wildman–Crippen LogP) is 2.95. The zero-order chi connectivity index (χ0) is 15.3. The number of halogens is 4. The number of hydrogen-bond acceptors (Lipinski definition) is 3. The van der Waals surface area contributed by atoms with Gasteiger partial charge < -0.3 is 15.8 Å². The average molecular weight is 327 g/mol. The summed E-state index contributed by atoms with van der Waals surface area (Å²) in [7, 11) is 0. The van der Waals surface area contributed by atoms with E-state index in [1.807, 2.05) is 0 Å². The molecule has 1 rings (SSSR count). The van der Waals surface area contributed by atoms with Crippen LogP contribution in [0.5, 0.6) is 5.75 Å². The number of primary amides is 1. The second kappa shape index (κ2) is 7.61. The van der Waals surface area contributed by atoms with Crippen LogP contribution in [0, 0.1) is 0 Å². The topological polar surface area (TPSA) is 64.4 Å². The van der Waals surface area contributed by atoms with Crippen molar-refractivity contribution in [2.75, 3.05) is 0 Å². The summed E-state index contributed by atoms with van der Waals surface area (Å²) >= 11 is 11.7. The van der Waals surface area contributed by atoms with Gasteiger partial charge in [-0.1, -0.05) is 23.2 Å². The van der Waals surface area contributed by atoms with Crippen LogP contribution in [0.3, 0.4) is 0 Å². The van der Waals surface area contributed by atoms with Gasteiger partial charge in [-0.05, 0) is 19.1 Å². The zero-order valence-electron chi connectivity index (χ0n) is 10.6. The third kappa shape index (κ3) is 5.48. The smallest absolute Gasteiger partial charge is 0.387 e. The number of rotatable bonds is 7. The Morgan fingerprint density at radius 1 is 1.45 bits per heavy atom. The summed E-state index contributed by atoms with van der Waals surface area (Å²) in [6, 6.07) is 2.57. The molecule has 1 aromatic carbocycles. The lowest BCUT2D eigenvalue weighted by Crippen LogP contribution is -2.30. The Morgan fingerprint density at radius 2 is 2.10 bits per heavy atom. The minimum Gasteiger partial charge on any atom is -0.433 e. The van der Waals surface area contributed by atoms with Gasteiger partial charge in [-0.15, -0.1) is 0 Å². The molecule has 112 valence electrons. The fourth-order valence-electron chi connectivity index (χ4n) is 1.62. The highest BCUT2D eigenvalue weighted by atomic mass is 35.5. The van der Waals surface area contributed by atoms with E-state index < -0.39 is 12.5 Å². The van der Waals surface area contributed by atoms with Crippen molar-refractivity contribution in [2.45, 2.75) is 32.5 Å². The summed E-state index contributed by atoms with van der Waals surface area (Å²) in [5.74, 6) is -0.594. The second-order valence-electron chi connectivity index (χ2n) is 4.21. The lowest BCUT2D eigenvalue weighted by molar-refractivity contribution is -0.118. The Balaban J connectivity index is 2.84. The normalized spacial score (nSPS) is 12.5. The molecule has 0 heterocycles. The third-order valence-corrected chi connectivity index (χ3v) is 2.94. The van der Waals surface area contributed by atoms with Crippen LogP contribution in [0.1, 0.15) is 18.9 Å². The molecule has 8 heteroatoms. The highest BCUT2D eigenvalue weighted by molar-refractivity contribution is 6.35. The van der Waals surface area contributed by atoms with Crippen LogP contribution in [0.4, 0.5) is 8.78 Å². The summed E-state index contributed by atoms with van der Waals surface area (Å²) in [6.45, 7) is -1.09. The molecule has 0 aliphatic rings. The first-order valence-electron chi connectivity index (χ1n) is 5.74.